The van der Waals surface area contributed by atoms with Crippen molar-refractivity contribution < 1.29 is 9.59 Å². The van der Waals surface area contributed by atoms with Crippen molar-refractivity contribution in [3.8, 4) is 0 Å². The first-order valence-electron chi connectivity index (χ1n) is 9.94. The van der Waals surface area contributed by atoms with Crippen LogP contribution in [0.4, 0.5) is 5.69 Å². The van der Waals surface area contributed by atoms with Gasteiger partial charge in [-0.05, 0) is 62.4 Å². The summed E-state index contributed by atoms with van der Waals surface area (Å²) in [6, 6.07) is 5.83. The molecule has 0 spiro atoms. The first kappa shape index (κ1) is 18.9. The molecule has 2 heterocycles. The summed E-state index contributed by atoms with van der Waals surface area (Å²) in [4.78, 5) is 28.9. The Morgan fingerprint density at radius 1 is 1.31 bits per heavy atom. The van der Waals surface area contributed by atoms with Crippen LogP contribution in [0.1, 0.15) is 56.0 Å². The molecule has 2 aliphatic heterocycles. The van der Waals surface area contributed by atoms with Gasteiger partial charge in [-0.2, -0.15) is 0 Å². The van der Waals surface area contributed by atoms with Gasteiger partial charge in [-0.15, -0.1) is 0 Å². The van der Waals surface area contributed by atoms with E-state index in [2.05, 4.69) is 24.1 Å². The Kier molecular flexibility index (Phi) is 5.97. The third-order valence-electron chi connectivity index (χ3n) is 5.49. The molecule has 1 N–H and O–H groups in total. The minimum atomic E-state index is -0.0226. The average Bonchev–Trinajstić information content (AvgIpc) is 3.04. The number of fused-ring (bicyclic) bond motifs is 1. The lowest BCUT2D eigenvalue weighted by molar-refractivity contribution is -0.118. The third-order valence-corrected chi connectivity index (χ3v) is 5.49. The Morgan fingerprint density at radius 2 is 2.12 bits per heavy atom. The Morgan fingerprint density at radius 3 is 2.85 bits per heavy atom. The zero-order chi connectivity index (χ0) is 18.7. The molecule has 5 heteroatoms. The van der Waals surface area contributed by atoms with Crippen molar-refractivity contribution >= 4 is 17.5 Å². The molecule has 2 amide bonds. The number of carbonyl (C=O) groups is 2. The summed E-state index contributed by atoms with van der Waals surface area (Å²) in [5.41, 5.74) is 2.74. The average molecular weight is 357 g/mol. The molecule has 2 atom stereocenters. The minimum Gasteiger partial charge on any atom is -0.348 e. The highest BCUT2D eigenvalue weighted by molar-refractivity contribution is 5.98. The highest BCUT2D eigenvalue weighted by Gasteiger charge is 2.25. The number of anilines is 1. The molecule has 3 rings (SSSR count). The maximum absolute atomic E-state index is 12.6. The van der Waals surface area contributed by atoms with Crippen molar-refractivity contribution in [1.82, 2.24) is 10.2 Å². The third kappa shape index (κ3) is 4.26. The van der Waals surface area contributed by atoms with Gasteiger partial charge in [-0.1, -0.05) is 13.8 Å². The predicted octanol–water partition coefficient (Wildman–Crippen LogP) is 2.84. The normalized spacial score (nSPS) is 21.3. The molecule has 5 nitrogen and oxygen atoms in total. The molecule has 1 aromatic rings. The number of likely N-dealkylation sites (tertiary alicyclic amines) is 1. The molecule has 1 aromatic carbocycles. The molecule has 2 unspecified atom stereocenters. The van der Waals surface area contributed by atoms with Crippen LogP contribution in [0.3, 0.4) is 0 Å². The monoisotopic (exact) mass is 357 g/mol. The number of rotatable bonds is 5. The van der Waals surface area contributed by atoms with E-state index in [0.29, 0.717) is 12.0 Å². The van der Waals surface area contributed by atoms with E-state index in [1.165, 1.54) is 12.8 Å². The maximum atomic E-state index is 12.6. The van der Waals surface area contributed by atoms with Gasteiger partial charge in [0.05, 0.1) is 0 Å². The molecule has 26 heavy (non-hydrogen) atoms. The lowest BCUT2D eigenvalue weighted by atomic mass is 10.00. The summed E-state index contributed by atoms with van der Waals surface area (Å²) in [6.45, 7) is 10.1. The first-order valence-corrected chi connectivity index (χ1v) is 9.94. The Bertz CT molecular complexity index is 673. The second-order valence-electron chi connectivity index (χ2n) is 7.87. The molecular formula is C21H31N3O2. The zero-order valence-electron chi connectivity index (χ0n) is 16.3. The van der Waals surface area contributed by atoms with Gasteiger partial charge in [0.25, 0.3) is 5.91 Å². The summed E-state index contributed by atoms with van der Waals surface area (Å²) in [5, 5.41) is 3.13. The largest absolute Gasteiger partial charge is 0.348 e. The van der Waals surface area contributed by atoms with Gasteiger partial charge in [-0.3, -0.25) is 9.59 Å². The summed E-state index contributed by atoms with van der Waals surface area (Å²) >= 11 is 0. The van der Waals surface area contributed by atoms with E-state index in [4.69, 9.17) is 0 Å². The maximum Gasteiger partial charge on any atom is 0.251 e. The van der Waals surface area contributed by atoms with Gasteiger partial charge in [0.1, 0.15) is 0 Å². The van der Waals surface area contributed by atoms with Crippen LogP contribution < -0.4 is 10.2 Å². The number of benzene rings is 1. The smallest absolute Gasteiger partial charge is 0.251 e. The van der Waals surface area contributed by atoms with Gasteiger partial charge < -0.3 is 15.1 Å². The van der Waals surface area contributed by atoms with Crippen LogP contribution in [-0.4, -0.2) is 48.9 Å². The summed E-state index contributed by atoms with van der Waals surface area (Å²) in [5.74, 6) is 0.869. The molecule has 0 saturated carbocycles. The molecule has 0 bridgehead atoms. The Labute approximate surface area is 156 Å². The number of hydrogen-bond donors (Lipinski definition) is 1. The number of piperidine rings is 1. The fourth-order valence-electron chi connectivity index (χ4n) is 4.19. The number of amides is 2. The van der Waals surface area contributed by atoms with E-state index in [1.807, 2.05) is 30.0 Å². The van der Waals surface area contributed by atoms with E-state index in [0.717, 1.165) is 49.8 Å². The van der Waals surface area contributed by atoms with Crippen molar-refractivity contribution in [3.63, 3.8) is 0 Å². The summed E-state index contributed by atoms with van der Waals surface area (Å²) < 4.78 is 0. The molecule has 0 aliphatic carbocycles. The Balaban J connectivity index is 1.59. The van der Waals surface area contributed by atoms with Crippen LogP contribution in [0, 0.1) is 5.92 Å². The van der Waals surface area contributed by atoms with Gasteiger partial charge in [0.2, 0.25) is 5.91 Å². The van der Waals surface area contributed by atoms with Crippen LogP contribution >= 0.6 is 0 Å². The van der Waals surface area contributed by atoms with E-state index < -0.39 is 0 Å². The van der Waals surface area contributed by atoms with Gasteiger partial charge in [0.15, 0.2) is 0 Å². The van der Waals surface area contributed by atoms with Gasteiger partial charge >= 0.3 is 0 Å². The second-order valence-corrected chi connectivity index (χ2v) is 7.87. The number of carbonyl (C=O) groups excluding carboxylic acids is 2. The Hall–Kier alpha value is -1.88. The van der Waals surface area contributed by atoms with Crippen LogP contribution in [0.5, 0.6) is 0 Å². The van der Waals surface area contributed by atoms with Crippen LogP contribution in [0.2, 0.25) is 0 Å². The van der Waals surface area contributed by atoms with E-state index >= 15 is 0 Å². The van der Waals surface area contributed by atoms with Crippen LogP contribution in [0.15, 0.2) is 18.2 Å². The van der Waals surface area contributed by atoms with E-state index in [1.54, 1.807) is 0 Å². The fourth-order valence-corrected chi connectivity index (χ4v) is 4.19. The fraction of sp³-hybridized carbons (Fsp3) is 0.619. The van der Waals surface area contributed by atoms with Crippen LogP contribution in [0.25, 0.3) is 0 Å². The number of nitrogens with zero attached hydrogens (tertiary/aromatic N) is 2. The topological polar surface area (TPSA) is 52.7 Å². The molecular weight excluding hydrogens is 326 g/mol. The second kappa shape index (κ2) is 8.21. The molecule has 1 saturated heterocycles. The highest BCUT2D eigenvalue weighted by atomic mass is 16.2. The summed E-state index contributed by atoms with van der Waals surface area (Å²) in [6.07, 6.45) is 3.89. The van der Waals surface area contributed by atoms with Crippen molar-refractivity contribution in [2.45, 2.75) is 52.5 Å². The molecule has 1 fully saturated rings. The molecule has 0 radical (unpaired) electrons. The lowest BCUT2D eigenvalue weighted by Crippen LogP contribution is -2.45. The SMILES string of the molecule is CCC(=O)N1CCc2cc(C(=O)NC(C)CN3CCCC(C)C3)ccc21. The van der Waals surface area contributed by atoms with Gasteiger partial charge in [0, 0.05) is 43.3 Å². The summed E-state index contributed by atoms with van der Waals surface area (Å²) in [7, 11) is 0. The number of nitrogens with one attached hydrogen (secondary N) is 1. The van der Waals surface area contributed by atoms with Gasteiger partial charge in [-0.25, -0.2) is 0 Å². The predicted molar refractivity (Wildman–Crippen MR) is 105 cm³/mol. The highest BCUT2D eigenvalue weighted by Crippen LogP contribution is 2.29. The molecule has 0 aromatic heterocycles. The minimum absolute atomic E-state index is 0.0226. The first-order chi connectivity index (χ1) is 12.5. The van der Waals surface area contributed by atoms with Crippen molar-refractivity contribution in [3.05, 3.63) is 29.3 Å². The zero-order valence-corrected chi connectivity index (χ0v) is 16.3. The van der Waals surface area contributed by atoms with E-state index in [-0.39, 0.29) is 17.9 Å². The quantitative estimate of drug-likeness (QED) is 0.882. The lowest BCUT2D eigenvalue weighted by Gasteiger charge is -2.32. The standard InChI is InChI=1S/C21H31N3O2/c1-4-20(25)24-11-9-17-12-18(7-8-19(17)24)21(26)22-16(3)14-23-10-5-6-15(2)13-23/h7-8,12,15-16H,4-6,9-11,13-14H2,1-3H3,(H,22,26). The van der Waals surface area contributed by atoms with E-state index in [9.17, 15) is 9.59 Å². The van der Waals surface area contributed by atoms with Crippen LogP contribution in [-0.2, 0) is 11.2 Å². The number of hydrogen-bond acceptors (Lipinski definition) is 3. The molecule has 142 valence electrons. The van der Waals surface area contributed by atoms with Crippen molar-refractivity contribution in [2.24, 2.45) is 5.92 Å². The molecule has 2 aliphatic rings. The van der Waals surface area contributed by atoms with Crippen molar-refractivity contribution in [1.29, 1.82) is 0 Å². The van der Waals surface area contributed by atoms with Crippen molar-refractivity contribution in [2.75, 3.05) is 31.1 Å².